The van der Waals surface area contributed by atoms with Crippen molar-refractivity contribution in [3.63, 3.8) is 0 Å². The Morgan fingerprint density at radius 2 is 1.77 bits per heavy atom. The van der Waals surface area contributed by atoms with E-state index in [1.54, 1.807) is 18.2 Å². The Kier molecular flexibility index (Phi) is 5.89. The summed E-state index contributed by atoms with van der Waals surface area (Å²) in [6.07, 6.45) is 0.604. The van der Waals surface area contributed by atoms with Gasteiger partial charge in [-0.15, -0.1) is 0 Å². The number of halogens is 3. The van der Waals surface area contributed by atoms with Gasteiger partial charge in [-0.1, -0.05) is 31.2 Å². The van der Waals surface area contributed by atoms with Gasteiger partial charge in [0.05, 0.1) is 0 Å². The Hall–Kier alpha value is -3.03. The molecule has 1 aliphatic rings. The highest BCUT2D eigenvalue weighted by molar-refractivity contribution is 5.95. The van der Waals surface area contributed by atoms with E-state index >= 15 is 0 Å². The summed E-state index contributed by atoms with van der Waals surface area (Å²) >= 11 is 0. The van der Waals surface area contributed by atoms with Crippen LogP contribution in [0.2, 0.25) is 0 Å². The summed E-state index contributed by atoms with van der Waals surface area (Å²) in [5, 5.41) is 6.49. The average molecular weight is 430 g/mol. The number of rotatable bonds is 5. The highest BCUT2D eigenvalue weighted by Gasteiger charge is 2.34. The number of carbonyl (C=O) groups excluding carboxylic acids is 1. The van der Waals surface area contributed by atoms with Crippen LogP contribution in [0.3, 0.4) is 0 Å². The molecule has 0 aliphatic heterocycles. The van der Waals surface area contributed by atoms with Crippen LogP contribution in [0.25, 0.3) is 5.65 Å². The number of aromatic nitrogens is 2. The average Bonchev–Trinajstić information content (AvgIpc) is 3.21. The molecule has 0 spiro atoms. The number of nitrogens with zero attached hydrogens (tertiary/aromatic N) is 2. The molecule has 8 heteroatoms. The third-order valence-corrected chi connectivity index (χ3v) is 5.84. The molecule has 0 saturated heterocycles. The number of alkyl halides is 3. The van der Waals surface area contributed by atoms with Gasteiger partial charge in [-0.05, 0) is 55.9 Å². The fraction of sp³-hybridized carbons (Fsp3) is 0.391. The molecular weight excluding hydrogens is 405 g/mol. The van der Waals surface area contributed by atoms with Crippen LogP contribution in [0, 0.1) is 0 Å². The van der Waals surface area contributed by atoms with Crippen molar-refractivity contribution >= 4 is 17.4 Å². The molecule has 1 fully saturated rings. The lowest BCUT2D eigenvalue weighted by molar-refractivity contribution is -0.140. The summed E-state index contributed by atoms with van der Waals surface area (Å²) < 4.78 is 40.5. The normalized spacial score (nSPS) is 19.4. The summed E-state index contributed by atoms with van der Waals surface area (Å²) in [6.45, 7) is 2.03. The number of nitrogens with one attached hydrogen (secondary N) is 2. The molecule has 31 heavy (non-hydrogen) atoms. The molecule has 3 aromatic rings. The minimum atomic E-state index is -4.48. The fourth-order valence-electron chi connectivity index (χ4n) is 4.17. The maximum Gasteiger partial charge on any atom is 0.434 e. The van der Waals surface area contributed by atoms with Crippen LogP contribution in [0.4, 0.5) is 19.0 Å². The first-order valence-electron chi connectivity index (χ1n) is 10.6. The van der Waals surface area contributed by atoms with Gasteiger partial charge < -0.3 is 10.6 Å². The predicted octanol–water partition coefficient (Wildman–Crippen LogP) is 5.07. The van der Waals surface area contributed by atoms with Gasteiger partial charge in [0.2, 0.25) is 0 Å². The summed E-state index contributed by atoms with van der Waals surface area (Å²) in [4.78, 5) is 16.3. The number of hydrogen-bond donors (Lipinski definition) is 2. The number of pyridine rings is 1. The van der Waals surface area contributed by atoms with Crippen molar-refractivity contribution < 1.29 is 18.0 Å². The first-order chi connectivity index (χ1) is 14.8. The van der Waals surface area contributed by atoms with E-state index in [0.717, 1.165) is 49.4 Å². The van der Waals surface area contributed by atoms with E-state index in [-0.39, 0.29) is 23.6 Å². The highest BCUT2D eigenvalue weighted by Crippen LogP contribution is 2.30. The lowest BCUT2D eigenvalue weighted by atomic mass is 9.90. The van der Waals surface area contributed by atoms with Gasteiger partial charge in [-0.25, -0.2) is 4.98 Å². The van der Waals surface area contributed by atoms with Gasteiger partial charge in [-0.2, -0.15) is 13.2 Å². The van der Waals surface area contributed by atoms with E-state index in [4.69, 9.17) is 0 Å². The molecular formula is C23H25F3N4O. The molecule has 0 radical (unpaired) electrons. The van der Waals surface area contributed by atoms with Crippen molar-refractivity contribution in [3.05, 3.63) is 65.5 Å². The van der Waals surface area contributed by atoms with Crippen molar-refractivity contribution in [1.82, 2.24) is 14.7 Å². The quantitative estimate of drug-likeness (QED) is 0.594. The molecule has 0 bridgehead atoms. The van der Waals surface area contributed by atoms with Crippen LogP contribution in [0.1, 0.15) is 54.2 Å². The minimum Gasteiger partial charge on any atom is -0.368 e. The van der Waals surface area contributed by atoms with Gasteiger partial charge in [0.1, 0.15) is 11.5 Å². The zero-order valence-corrected chi connectivity index (χ0v) is 17.2. The van der Waals surface area contributed by atoms with E-state index in [9.17, 15) is 18.0 Å². The van der Waals surface area contributed by atoms with Crippen LogP contribution < -0.4 is 10.6 Å². The summed E-state index contributed by atoms with van der Waals surface area (Å²) in [6, 6.07) is 12.8. The molecule has 1 amide bonds. The molecule has 2 N–H and O–H groups in total. The van der Waals surface area contributed by atoms with Crippen LogP contribution in [-0.2, 0) is 12.6 Å². The molecule has 1 aromatic carbocycles. The Labute approximate surface area is 178 Å². The smallest absolute Gasteiger partial charge is 0.368 e. The first-order valence-corrected chi connectivity index (χ1v) is 10.6. The van der Waals surface area contributed by atoms with Crippen molar-refractivity contribution in [2.75, 3.05) is 5.32 Å². The molecule has 2 aromatic heterocycles. The Morgan fingerprint density at radius 1 is 1.06 bits per heavy atom. The topological polar surface area (TPSA) is 58.4 Å². The van der Waals surface area contributed by atoms with E-state index in [0.29, 0.717) is 5.82 Å². The lowest BCUT2D eigenvalue weighted by Gasteiger charge is -2.30. The van der Waals surface area contributed by atoms with E-state index in [2.05, 4.69) is 15.6 Å². The fourth-order valence-corrected chi connectivity index (χ4v) is 4.17. The molecule has 164 valence electrons. The molecule has 4 rings (SSSR count). The van der Waals surface area contributed by atoms with Crippen LogP contribution in [0.5, 0.6) is 0 Å². The molecule has 0 unspecified atom stereocenters. The molecule has 5 nitrogen and oxygen atoms in total. The number of benzene rings is 1. The van der Waals surface area contributed by atoms with Crippen LogP contribution >= 0.6 is 0 Å². The second-order valence-electron chi connectivity index (χ2n) is 7.94. The Balaban J connectivity index is 1.37. The third-order valence-electron chi connectivity index (χ3n) is 5.84. The number of imidazole rings is 1. The standard InChI is InChI=1S/C23H25F3N4O/c1-2-15-6-3-4-7-18(15)22(31)28-17-12-10-16(11-13-17)27-20-8-5-9-21-29-19(14-30(20)21)23(24,25)26/h3-9,14,16-17,27H,2,10-13H2,1H3,(H,28,31)/t16-,17+. The van der Waals surface area contributed by atoms with Gasteiger partial charge in [0.25, 0.3) is 5.91 Å². The summed E-state index contributed by atoms with van der Waals surface area (Å²) in [5.74, 6) is 0.543. The van der Waals surface area contributed by atoms with Crippen molar-refractivity contribution in [3.8, 4) is 0 Å². The largest absolute Gasteiger partial charge is 0.434 e. The molecule has 1 saturated carbocycles. The zero-order valence-electron chi connectivity index (χ0n) is 17.2. The maximum atomic E-state index is 13.0. The van der Waals surface area contributed by atoms with Gasteiger partial charge in [-0.3, -0.25) is 9.20 Å². The number of hydrogen-bond acceptors (Lipinski definition) is 3. The number of carbonyl (C=O) groups is 1. The van der Waals surface area contributed by atoms with Gasteiger partial charge in [0.15, 0.2) is 5.69 Å². The Bertz CT molecular complexity index is 1070. The number of amides is 1. The Morgan fingerprint density at radius 3 is 2.48 bits per heavy atom. The van der Waals surface area contributed by atoms with Gasteiger partial charge in [0, 0.05) is 23.8 Å². The van der Waals surface area contributed by atoms with Crippen molar-refractivity contribution in [2.45, 2.75) is 57.3 Å². The van der Waals surface area contributed by atoms with Crippen molar-refractivity contribution in [2.24, 2.45) is 0 Å². The van der Waals surface area contributed by atoms with Crippen LogP contribution in [-0.4, -0.2) is 27.4 Å². The lowest BCUT2D eigenvalue weighted by Crippen LogP contribution is -2.40. The highest BCUT2D eigenvalue weighted by atomic mass is 19.4. The third kappa shape index (κ3) is 4.68. The SMILES string of the molecule is CCc1ccccc1C(=O)N[C@H]1CC[C@@H](Nc2cccc3nc(C(F)(F)F)cn23)CC1. The van der Waals surface area contributed by atoms with E-state index in [1.165, 1.54) is 4.40 Å². The minimum absolute atomic E-state index is 0.0447. The number of fused-ring (bicyclic) bond motifs is 1. The summed E-state index contributed by atoms with van der Waals surface area (Å²) in [7, 11) is 0. The zero-order chi connectivity index (χ0) is 22.0. The summed E-state index contributed by atoms with van der Waals surface area (Å²) in [5.41, 5.74) is 1.10. The van der Waals surface area contributed by atoms with Crippen molar-refractivity contribution in [1.29, 1.82) is 0 Å². The molecule has 1 aliphatic carbocycles. The van der Waals surface area contributed by atoms with E-state index in [1.807, 2.05) is 31.2 Å². The first kappa shape index (κ1) is 21.2. The predicted molar refractivity (Wildman–Crippen MR) is 113 cm³/mol. The second-order valence-corrected chi connectivity index (χ2v) is 7.94. The van der Waals surface area contributed by atoms with E-state index < -0.39 is 11.9 Å². The number of aryl methyl sites for hydroxylation is 1. The van der Waals surface area contributed by atoms with Gasteiger partial charge >= 0.3 is 6.18 Å². The second kappa shape index (κ2) is 8.61. The molecule has 2 heterocycles. The maximum absolute atomic E-state index is 13.0. The number of anilines is 1. The van der Waals surface area contributed by atoms with Crippen LogP contribution in [0.15, 0.2) is 48.7 Å². The molecule has 0 atom stereocenters. The monoisotopic (exact) mass is 430 g/mol.